The Kier molecular flexibility index (Phi) is 3.79. The van der Waals surface area contributed by atoms with E-state index >= 15 is 0 Å². The number of methoxy groups -OCH3 is 1. The lowest BCUT2D eigenvalue weighted by molar-refractivity contribution is 0.369. The Bertz CT molecular complexity index is 414. The molecule has 1 unspecified atom stereocenters. The molecule has 1 aromatic rings. The van der Waals surface area contributed by atoms with Crippen LogP contribution < -0.4 is 10.1 Å². The van der Waals surface area contributed by atoms with Crippen molar-refractivity contribution in [2.45, 2.75) is 32.2 Å². The van der Waals surface area contributed by atoms with Gasteiger partial charge in [0, 0.05) is 6.04 Å². The molecule has 0 radical (unpaired) electrons. The van der Waals surface area contributed by atoms with E-state index < -0.39 is 0 Å². The van der Waals surface area contributed by atoms with Gasteiger partial charge in [-0.3, -0.25) is 0 Å². The van der Waals surface area contributed by atoms with Gasteiger partial charge in [0.2, 0.25) is 0 Å². The molecule has 0 bridgehead atoms. The van der Waals surface area contributed by atoms with E-state index in [1.54, 1.807) is 0 Å². The maximum Gasteiger partial charge on any atom is 0.177 e. The molecule has 17 heavy (non-hydrogen) atoms. The van der Waals surface area contributed by atoms with Crippen LogP contribution in [0.25, 0.3) is 0 Å². The average Bonchev–Trinajstić information content (AvgIpc) is 2.35. The molecule has 0 spiro atoms. The van der Waals surface area contributed by atoms with Crippen molar-refractivity contribution in [3.63, 3.8) is 0 Å². The lowest BCUT2D eigenvalue weighted by Crippen LogP contribution is -2.27. The summed E-state index contributed by atoms with van der Waals surface area (Å²) in [5.41, 5.74) is 2.06. The molecule has 94 valence electrons. The van der Waals surface area contributed by atoms with Crippen LogP contribution in [-0.4, -0.2) is 18.8 Å². The lowest BCUT2D eigenvalue weighted by Gasteiger charge is -2.26. The number of aromatic hydroxyl groups is 1. The first-order valence-electron chi connectivity index (χ1n) is 5.94. The van der Waals surface area contributed by atoms with E-state index in [-0.39, 0.29) is 11.8 Å². The lowest BCUT2D eigenvalue weighted by atomic mass is 9.93. The molecule has 1 saturated heterocycles. The van der Waals surface area contributed by atoms with Crippen LogP contribution >= 0.6 is 11.6 Å². The van der Waals surface area contributed by atoms with Gasteiger partial charge in [0.25, 0.3) is 0 Å². The second-order valence-corrected chi connectivity index (χ2v) is 4.85. The smallest absolute Gasteiger partial charge is 0.177 e. The van der Waals surface area contributed by atoms with Crippen molar-refractivity contribution in [3.05, 3.63) is 22.2 Å². The molecule has 1 heterocycles. The number of hydrogen-bond acceptors (Lipinski definition) is 3. The molecule has 0 aromatic heterocycles. The summed E-state index contributed by atoms with van der Waals surface area (Å²) in [6, 6.07) is 2.08. The van der Waals surface area contributed by atoms with Crippen molar-refractivity contribution in [2.24, 2.45) is 0 Å². The topological polar surface area (TPSA) is 41.5 Å². The Morgan fingerprint density at radius 3 is 2.82 bits per heavy atom. The molecule has 1 aromatic carbocycles. The first-order chi connectivity index (χ1) is 8.15. The van der Waals surface area contributed by atoms with E-state index in [9.17, 15) is 5.11 Å². The largest absolute Gasteiger partial charge is 0.503 e. The minimum Gasteiger partial charge on any atom is -0.503 e. The van der Waals surface area contributed by atoms with Crippen LogP contribution in [0, 0.1) is 6.92 Å². The van der Waals surface area contributed by atoms with Crippen LogP contribution in [0.1, 0.15) is 36.4 Å². The summed E-state index contributed by atoms with van der Waals surface area (Å²) in [6.45, 7) is 3.01. The minimum atomic E-state index is 0.0436. The SMILES string of the molecule is COc1cc(C)c(C2CCCCN2)c(Cl)c1O. The van der Waals surface area contributed by atoms with Gasteiger partial charge in [-0.1, -0.05) is 18.0 Å². The summed E-state index contributed by atoms with van der Waals surface area (Å²) in [4.78, 5) is 0. The highest BCUT2D eigenvalue weighted by atomic mass is 35.5. The van der Waals surface area contributed by atoms with Gasteiger partial charge in [-0.25, -0.2) is 0 Å². The minimum absolute atomic E-state index is 0.0436. The molecule has 0 amide bonds. The monoisotopic (exact) mass is 255 g/mol. The number of rotatable bonds is 2. The Balaban J connectivity index is 2.42. The van der Waals surface area contributed by atoms with Crippen LogP contribution in [0.15, 0.2) is 6.07 Å². The summed E-state index contributed by atoms with van der Waals surface area (Å²) in [5.74, 6) is 0.481. The van der Waals surface area contributed by atoms with Gasteiger partial charge >= 0.3 is 0 Å². The molecule has 2 rings (SSSR count). The fraction of sp³-hybridized carbons (Fsp3) is 0.538. The number of benzene rings is 1. The first-order valence-corrected chi connectivity index (χ1v) is 6.32. The number of piperidine rings is 1. The molecule has 3 nitrogen and oxygen atoms in total. The van der Waals surface area contributed by atoms with Crippen molar-refractivity contribution in [2.75, 3.05) is 13.7 Å². The molecule has 1 fully saturated rings. The molecule has 1 aliphatic heterocycles. The number of phenolic OH excluding ortho intramolecular Hbond substituents is 1. The van der Waals surface area contributed by atoms with E-state index in [1.165, 1.54) is 20.0 Å². The van der Waals surface area contributed by atoms with Crippen molar-refractivity contribution in [1.29, 1.82) is 0 Å². The molecule has 4 heteroatoms. The molecule has 2 N–H and O–H groups in total. The normalized spacial score (nSPS) is 20.3. The predicted molar refractivity (Wildman–Crippen MR) is 69.0 cm³/mol. The van der Waals surface area contributed by atoms with E-state index in [0.29, 0.717) is 10.8 Å². The predicted octanol–water partition coefficient (Wildman–Crippen LogP) is 3.18. The van der Waals surface area contributed by atoms with Crippen LogP contribution in [0.5, 0.6) is 11.5 Å². The molecular weight excluding hydrogens is 238 g/mol. The standard InChI is InChI=1S/C13H18ClNO2/c1-8-7-10(17-2)13(16)12(14)11(8)9-5-3-4-6-15-9/h7,9,15-16H,3-6H2,1-2H3. The second-order valence-electron chi connectivity index (χ2n) is 4.47. The summed E-state index contributed by atoms with van der Waals surface area (Å²) >= 11 is 6.25. The maximum atomic E-state index is 9.95. The quantitative estimate of drug-likeness (QED) is 0.853. The third-order valence-corrected chi connectivity index (χ3v) is 3.71. The first kappa shape index (κ1) is 12.5. The summed E-state index contributed by atoms with van der Waals surface area (Å²) in [7, 11) is 1.53. The second kappa shape index (κ2) is 5.15. The summed E-state index contributed by atoms with van der Waals surface area (Å²) in [5, 5.41) is 13.8. The van der Waals surface area contributed by atoms with Crippen LogP contribution in [0.3, 0.4) is 0 Å². The van der Waals surface area contributed by atoms with Crippen molar-refractivity contribution < 1.29 is 9.84 Å². The van der Waals surface area contributed by atoms with Crippen molar-refractivity contribution >= 4 is 11.6 Å². The van der Waals surface area contributed by atoms with Gasteiger partial charge < -0.3 is 15.2 Å². The van der Waals surface area contributed by atoms with Gasteiger partial charge in [-0.05, 0) is 43.5 Å². The average molecular weight is 256 g/mol. The third-order valence-electron chi connectivity index (χ3n) is 3.33. The number of halogens is 1. The van der Waals surface area contributed by atoms with Gasteiger partial charge in [0.15, 0.2) is 11.5 Å². The zero-order valence-corrected chi connectivity index (χ0v) is 11.0. The van der Waals surface area contributed by atoms with Crippen LogP contribution in [0.4, 0.5) is 0 Å². The molecule has 0 saturated carbocycles. The third kappa shape index (κ3) is 2.35. The zero-order chi connectivity index (χ0) is 12.4. The highest BCUT2D eigenvalue weighted by molar-refractivity contribution is 6.33. The summed E-state index contributed by atoms with van der Waals surface area (Å²) in [6.07, 6.45) is 3.46. The fourth-order valence-corrected chi connectivity index (χ4v) is 2.81. The van der Waals surface area contributed by atoms with E-state index in [2.05, 4.69) is 5.32 Å². The van der Waals surface area contributed by atoms with Crippen LogP contribution in [0.2, 0.25) is 5.02 Å². The summed E-state index contributed by atoms with van der Waals surface area (Å²) < 4.78 is 5.09. The van der Waals surface area contributed by atoms with Gasteiger partial charge in [-0.15, -0.1) is 0 Å². The highest BCUT2D eigenvalue weighted by Crippen LogP contribution is 2.42. The Morgan fingerprint density at radius 2 is 2.24 bits per heavy atom. The number of phenols is 1. The number of ether oxygens (including phenoxy) is 1. The maximum absolute atomic E-state index is 9.95. The van der Waals surface area contributed by atoms with Crippen LogP contribution in [-0.2, 0) is 0 Å². The van der Waals surface area contributed by atoms with Gasteiger partial charge in [0.05, 0.1) is 12.1 Å². The highest BCUT2D eigenvalue weighted by Gasteiger charge is 2.23. The van der Waals surface area contributed by atoms with Crippen molar-refractivity contribution in [1.82, 2.24) is 5.32 Å². The number of aryl methyl sites for hydroxylation is 1. The molecule has 1 aliphatic rings. The molecule has 1 atom stereocenters. The molecule has 0 aliphatic carbocycles. The zero-order valence-electron chi connectivity index (χ0n) is 10.2. The Morgan fingerprint density at radius 1 is 1.47 bits per heavy atom. The fourth-order valence-electron chi connectivity index (χ4n) is 2.43. The van der Waals surface area contributed by atoms with E-state index in [0.717, 1.165) is 24.1 Å². The number of nitrogens with one attached hydrogen (secondary N) is 1. The van der Waals surface area contributed by atoms with E-state index in [1.807, 2.05) is 13.0 Å². The Hall–Kier alpha value is -0.930. The van der Waals surface area contributed by atoms with Gasteiger partial charge in [0.1, 0.15) is 0 Å². The Labute approximate surface area is 107 Å². The number of hydrogen-bond donors (Lipinski definition) is 2. The van der Waals surface area contributed by atoms with Gasteiger partial charge in [-0.2, -0.15) is 0 Å². The van der Waals surface area contributed by atoms with E-state index in [4.69, 9.17) is 16.3 Å². The molecular formula is C13H18ClNO2. The van der Waals surface area contributed by atoms with Crippen molar-refractivity contribution in [3.8, 4) is 11.5 Å².